The van der Waals surface area contributed by atoms with Crippen LogP contribution >= 0.6 is 11.3 Å². The van der Waals surface area contributed by atoms with Crippen LogP contribution in [0, 0.1) is 5.92 Å². The topological polar surface area (TPSA) is 86.4 Å². The second-order valence-electron chi connectivity index (χ2n) is 8.40. The van der Waals surface area contributed by atoms with Gasteiger partial charge in [-0.3, -0.25) is 4.79 Å². The molecule has 0 aliphatic carbocycles. The fourth-order valence-corrected chi connectivity index (χ4v) is 7.39. The van der Waals surface area contributed by atoms with Gasteiger partial charge in [0, 0.05) is 32.1 Å². The van der Waals surface area contributed by atoms with Gasteiger partial charge >= 0.3 is 0 Å². The summed E-state index contributed by atoms with van der Waals surface area (Å²) >= 11 is 1.23. The summed E-state index contributed by atoms with van der Waals surface area (Å²) in [6, 6.07) is 11.3. The number of benzene rings is 1. The van der Waals surface area contributed by atoms with E-state index in [1.54, 1.807) is 17.5 Å². The van der Waals surface area contributed by atoms with E-state index >= 15 is 0 Å². The third kappa shape index (κ3) is 4.02. The zero-order chi connectivity index (χ0) is 21.4. The first-order chi connectivity index (χ1) is 15.0. The van der Waals surface area contributed by atoms with Crippen molar-refractivity contribution in [2.24, 2.45) is 5.92 Å². The highest BCUT2D eigenvalue weighted by Gasteiger charge is 2.37. The number of aromatic amines is 1. The maximum Gasteiger partial charge on any atom is 0.252 e. The molecular formula is C22H26N4O3S2. The Balaban J connectivity index is 1.29. The van der Waals surface area contributed by atoms with Crippen LogP contribution < -0.4 is 0 Å². The molecule has 0 radical (unpaired) electrons. The predicted octanol–water partition coefficient (Wildman–Crippen LogP) is 3.43. The van der Waals surface area contributed by atoms with E-state index in [1.807, 2.05) is 29.2 Å². The average Bonchev–Trinajstić information content (AvgIpc) is 3.49. The van der Waals surface area contributed by atoms with Crippen LogP contribution in [0.15, 0.2) is 46.0 Å². The number of fused-ring (bicyclic) bond motifs is 1. The van der Waals surface area contributed by atoms with Gasteiger partial charge < -0.3 is 9.88 Å². The van der Waals surface area contributed by atoms with E-state index in [-0.39, 0.29) is 24.3 Å². The first-order valence-corrected chi connectivity index (χ1v) is 13.1. The van der Waals surface area contributed by atoms with Crippen molar-refractivity contribution in [1.82, 2.24) is 19.2 Å². The zero-order valence-corrected chi connectivity index (χ0v) is 18.9. The molecule has 4 heterocycles. The summed E-state index contributed by atoms with van der Waals surface area (Å²) in [5.74, 6) is 0.911. The van der Waals surface area contributed by atoms with E-state index in [1.165, 1.54) is 15.6 Å². The number of aromatic nitrogens is 2. The minimum atomic E-state index is -3.52. The molecule has 1 N–H and O–H groups in total. The standard InChI is InChI=1S/C22H26N4O3S2/c27-22(17-7-4-12-26(15-17)31(28,29)20-10-5-13-30-20)25-11-3-6-16(14-25)21-23-18-8-1-2-9-19(18)24-21/h1-2,5,8-10,13,16-17H,3-4,6-7,11-12,14-15H2,(H,23,24). The molecule has 9 heteroatoms. The number of carbonyl (C=O) groups is 1. The third-order valence-electron chi connectivity index (χ3n) is 6.35. The van der Waals surface area contributed by atoms with Gasteiger partial charge in [-0.2, -0.15) is 4.31 Å². The van der Waals surface area contributed by atoms with E-state index < -0.39 is 10.0 Å². The van der Waals surface area contributed by atoms with Crippen molar-refractivity contribution in [3.05, 3.63) is 47.6 Å². The summed E-state index contributed by atoms with van der Waals surface area (Å²) in [6.45, 7) is 2.10. The van der Waals surface area contributed by atoms with Crippen LogP contribution in [-0.4, -0.2) is 59.7 Å². The Morgan fingerprint density at radius 3 is 2.71 bits per heavy atom. The van der Waals surface area contributed by atoms with Crippen molar-refractivity contribution in [2.75, 3.05) is 26.2 Å². The van der Waals surface area contributed by atoms with Crippen LogP contribution in [0.3, 0.4) is 0 Å². The number of rotatable bonds is 4. The molecule has 5 rings (SSSR count). The summed E-state index contributed by atoms with van der Waals surface area (Å²) in [5, 5.41) is 1.77. The second-order valence-corrected chi connectivity index (χ2v) is 11.5. The molecule has 0 spiro atoms. The minimum Gasteiger partial charge on any atom is -0.342 e. The van der Waals surface area contributed by atoms with E-state index in [9.17, 15) is 13.2 Å². The molecule has 0 bridgehead atoms. The Morgan fingerprint density at radius 1 is 1.06 bits per heavy atom. The Kier molecular flexibility index (Phi) is 5.58. The van der Waals surface area contributed by atoms with Gasteiger partial charge in [0.2, 0.25) is 5.91 Å². The van der Waals surface area contributed by atoms with Crippen LogP contribution in [0.4, 0.5) is 0 Å². The Hall–Kier alpha value is -2.23. The maximum absolute atomic E-state index is 13.3. The number of likely N-dealkylation sites (tertiary alicyclic amines) is 1. The van der Waals surface area contributed by atoms with Gasteiger partial charge in [-0.15, -0.1) is 11.3 Å². The number of para-hydroxylation sites is 2. The largest absolute Gasteiger partial charge is 0.342 e. The van der Waals surface area contributed by atoms with Gasteiger partial charge in [0.15, 0.2) is 0 Å². The van der Waals surface area contributed by atoms with E-state index in [2.05, 4.69) is 4.98 Å². The van der Waals surface area contributed by atoms with Crippen molar-refractivity contribution < 1.29 is 13.2 Å². The molecule has 1 aromatic carbocycles. The van der Waals surface area contributed by atoms with Crippen molar-refractivity contribution >= 4 is 38.3 Å². The molecule has 2 aliphatic rings. The van der Waals surface area contributed by atoms with Crippen molar-refractivity contribution in [1.29, 1.82) is 0 Å². The number of H-pyrrole nitrogens is 1. The van der Waals surface area contributed by atoms with E-state index in [0.717, 1.165) is 42.7 Å². The van der Waals surface area contributed by atoms with Crippen LogP contribution in [0.5, 0.6) is 0 Å². The molecular weight excluding hydrogens is 432 g/mol. The minimum absolute atomic E-state index is 0.0758. The number of nitrogens with zero attached hydrogens (tertiary/aromatic N) is 3. The monoisotopic (exact) mass is 458 g/mol. The highest BCUT2D eigenvalue weighted by atomic mass is 32.2. The van der Waals surface area contributed by atoms with Gasteiger partial charge in [0.25, 0.3) is 10.0 Å². The summed E-state index contributed by atoms with van der Waals surface area (Å²) in [7, 11) is -3.52. The molecule has 31 heavy (non-hydrogen) atoms. The number of carbonyl (C=O) groups excluding carboxylic acids is 1. The van der Waals surface area contributed by atoms with Gasteiger partial charge in [-0.1, -0.05) is 18.2 Å². The molecule has 0 saturated carbocycles. The number of piperidine rings is 2. The summed E-state index contributed by atoms with van der Waals surface area (Å²) < 4.78 is 27.7. The molecule has 2 saturated heterocycles. The zero-order valence-electron chi connectivity index (χ0n) is 17.2. The molecule has 2 aromatic heterocycles. The number of thiophene rings is 1. The molecule has 1 amide bonds. The van der Waals surface area contributed by atoms with E-state index in [0.29, 0.717) is 23.7 Å². The van der Waals surface area contributed by atoms with Crippen molar-refractivity contribution in [2.45, 2.75) is 35.8 Å². The fraction of sp³-hybridized carbons (Fsp3) is 0.455. The smallest absolute Gasteiger partial charge is 0.252 e. The number of nitrogens with one attached hydrogen (secondary N) is 1. The van der Waals surface area contributed by atoms with Gasteiger partial charge in [0.05, 0.1) is 17.0 Å². The van der Waals surface area contributed by atoms with Gasteiger partial charge in [-0.25, -0.2) is 13.4 Å². The lowest BCUT2D eigenvalue weighted by molar-refractivity contribution is -0.138. The lowest BCUT2D eigenvalue weighted by Crippen LogP contribution is -2.48. The third-order valence-corrected chi connectivity index (χ3v) is 9.59. The average molecular weight is 459 g/mol. The molecule has 3 aromatic rings. The van der Waals surface area contributed by atoms with Crippen LogP contribution in [-0.2, 0) is 14.8 Å². The Bertz CT molecular complexity index is 1140. The van der Waals surface area contributed by atoms with Crippen molar-refractivity contribution in [3.63, 3.8) is 0 Å². The van der Waals surface area contributed by atoms with Crippen molar-refractivity contribution in [3.8, 4) is 0 Å². The SMILES string of the molecule is O=C(C1CCCN(S(=O)(=O)c2cccs2)C1)N1CCCC(c2nc3ccccc3[nH]2)C1. The van der Waals surface area contributed by atoms with Gasteiger partial charge in [-0.05, 0) is 49.3 Å². The highest BCUT2D eigenvalue weighted by Crippen LogP contribution is 2.31. The molecule has 2 aliphatic heterocycles. The normalized spacial score (nSPS) is 23.3. The molecule has 164 valence electrons. The molecule has 2 fully saturated rings. The highest BCUT2D eigenvalue weighted by molar-refractivity contribution is 7.91. The predicted molar refractivity (Wildman–Crippen MR) is 120 cm³/mol. The summed E-state index contributed by atoms with van der Waals surface area (Å²) in [6.07, 6.45) is 3.37. The van der Waals surface area contributed by atoms with E-state index in [4.69, 9.17) is 4.98 Å². The van der Waals surface area contributed by atoms with Crippen LogP contribution in [0.1, 0.15) is 37.4 Å². The lowest BCUT2D eigenvalue weighted by atomic mass is 9.93. The number of imidazole rings is 1. The summed E-state index contributed by atoms with van der Waals surface area (Å²) in [4.78, 5) is 23.4. The maximum atomic E-state index is 13.3. The van der Waals surface area contributed by atoms with Crippen LogP contribution in [0.2, 0.25) is 0 Å². The lowest BCUT2D eigenvalue weighted by Gasteiger charge is -2.37. The Morgan fingerprint density at radius 2 is 1.90 bits per heavy atom. The number of amides is 1. The number of hydrogen-bond donors (Lipinski definition) is 1. The number of sulfonamides is 1. The summed E-state index contributed by atoms with van der Waals surface area (Å²) in [5.41, 5.74) is 1.96. The first kappa shape index (κ1) is 20.7. The molecule has 7 nitrogen and oxygen atoms in total. The molecule has 2 atom stereocenters. The number of hydrogen-bond acceptors (Lipinski definition) is 5. The second kappa shape index (κ2) is 8.37. The van der Waals surface area contributed by atoms with Crippen LogP contribution in [0.25, 0.3) is 11.0 Å². The Labute approximate surface area is 186 Å². The quantitative estimate of drug-likeness (QED) is 0.649. The fourth-order valence-electron chi connectivity index (χ4n) is 4.72. The molecule has 2 unspecified atom stereocenters. The first-order valence-electron chi connectivity index (χ1n) is 10.8. The van der Waals surface area contributed by atoms with Gasteiger partial charge in [0.1, 0.15) is 10.0 Å².